The van der Waals surface area contributed by atoms with E-state index in [9.17, 15) is 9.90 Å². The molecule has 2 amide bonds. The lowest BCUT2D eigenvalue weighted by Crippen LogP contribution is -2.41. The highest BCUT2D eigenvalue weighted by atomic mass is 16.7. The van der Waals surface area contributed by atoms with Gasteiger partial charge in [0.25, 0.3) is 0 Å². The Bertz CT molecular complexity index is 1160. The number of hydrogen-bond acceptors (Lipinski definition) is 5. The molecule has 3 unspecified atom stereocenters. The van der Waals surface area contributed by atoms with E-state index in [1.54, 1.807) is 0 Å². The van der Waals surface area contributed by atoms with Crippen LogP contribution in [0.3, 0.4) is 0 Å². The molecule has 5 rings (SSSR count). The molecule has 0 aromatic heterocycles. The van der Waals surface area contributed by atoms with Crippen LogP contribution in [0.2, 0.25) is 0 Å². The van der Waals surface area contributed by atoms with Crippen molar-refractivity contribution < 1.29 is 19.4 Å². The summed E-state index contributed by atoms with van der Waals surface area (Å²) in [6.45, 7) is 4.12. The van der Waals surface area contributed by atoms with Crippen LogP contribution in [-0.4, -0.2) is 41.8 Å². The van der Waals surface area contributed by atoms with Crippen molar-refractivity contribution in [3.05, 3.63) is 107 Å². The first-order valence-electron chi connectivity index (χ1n) is 14.0. The number of carbonyl (C=O) groups excluding carboxylic acids is 1. The number of piperidine rings is 1. The van der Waals surface area contributed by atoms with Gasteiger partial charge in [0, 0.05) is 31.6 Å². The summed E-state index contributed by atoms with van der Waals surface area (Å²) in [6, 6.07) is 25.8. The maximum Gasteiger partial charge on any atom is 0.315 e. The molecule has 0 radical (unpaired) electrons. The molecule has 2 fully saturated rings. The summed E-state index contributed by atoms with van der Waals surface area (Å²) in [5, 5.41) is 15.2. The Morgan fingerprint density at radius 1 is 0.769 bits per heavy atom. The normalized spacial score (nSPS) is 21.8. The fraction of sp³-hybridized carbons (Fsp3) is 0.406. The molecule has 7 heteroatoms. The standard InChI is InChI=1S/C32H39N3O4/c36-23-26-11-13-27(14-12-26)30-19-29(22-35-17-5-2-6-18-35)38-31(39-30)28-15-9-25(10-16-28)21-34-32(37)33-20-24-7-3-1-4-8-24/h1,3-4,7-16,29-31,36H,2,5-6,17-23H2,(H2,33,34,37). The first-order valence-corrected chi connectivity index (χ1v) is 14.0. The second-order valence-electron chi connectivity index (χ2n) is 10.5. The molecule has 39 heavy (non-hydrogen) atoms. The monoisotopic (exact) mass is 529 g/mol. The topological polar surface area (TPSA) is 83.1 Å². The summed E-state index contributed by atoms with van der Waals surface area (Å²) in [5.41, 5.74) is 5.03. The highest BCUT2D eigenvalue weighted by molar-refractivity contribution is 5.73. The van der Waals surface area contributed by atoms with Crippen LogP contribution in [0, 0.1) is 0 Å². The van der Waals surface area contributed by atoms with Crippen molar-refractivity contribution in [2.45, 2.75) is 63.9 Å². The quantitative estimate of drug-likeness (QED) is 0.355. The van der Waals surface area contributed by atoms with E-state index in [0.29, 0.717) is 13.1 Å². The van der Waals surface area contributed by atoms with Gasteiger partial charge in [0.15, 0.2) is 6.29 Å². The average molecular weight is 530 g/mol. The highest BCUT2D eigenvalue weighted by Crippen LogP contribution is 2.38. The predicted molar refractivity (Wildman–Crippen MR) is 151 cm³/mol. The lowest BCUT2D eigenvalue weighted by Gasteiger charge is -2.39. The van der Waals surface area contributed by atoms with Gasteiger partial charge in [-0.25, -0.2) is 4.79 Å². The van der Waals surface area contributed by atoms with E-state index < -0.39 is 6.29 Å². The molecule has 3 aromatic rings. The minimum absolute atomic E-state index is 0.0328. The van der Waals surface area contributed by atoms with Crippen LogP contribution in [0.5, 0.6) is 0 Å². The summed E-state index contributed by atoms with van der Waals surface area (Å²) in [5.74, 6) is 0. The Hall–Kier alpha value is -3.23. The summed E-state index contributed by atoms with van der Waals surface area (Å²) >= 11 is 0. The van der Waals surface area contributed by atoms with E-state index in [-0.39, 0.29) is 24.8 Å². The fourth-order valence-corrected chi connectivity index (χ4v) is 5.28. The molecule has 3 N–H and O–H groups in total. The van der Waals surface area contributed by atoms with E-state index in [2.05, 4.69) is 15.5 Å². The van der Waals surface area contributed by atoms with Gasteiger partial charge in [-0.3, -0.25) is 0 Å². The zero-order valence-corrected chi connectivity index (χ0v) is 22.4. The summed E-state index contributed by atoms with van der Waals surface area (Å²) in [7, 11) is 0. The Morgan fingerprint density at radius 2 is 1.38 bits per heavy atom. The average Bonchev–Trinajstić information content (AvgIpc) is 3.00. The first-order chi connectivity index (χ1) is 19.2. The molecule has 7 nitrogen and oxygen atoms in total. The van der Waals surface area contributed by atoms with Crippen LogP contribution in [0.15, 0.2) is 78.9 Å². The van der Waals surface area contributed by atoms with E-state index in [4.69, 9.17) is 9.47 Å². The van der Waals surface area contributed by atoms with E-state index in [1.807, 2.05) is 78.9 Å². The van der Waals surface area contributed by atoms with Crippen molar-refractivity contribution in [1.29, 1.82) is 0 Å². The lowest BCUT2D eigenvalue weighted by molar-refractivity contribution is -0.253. The minimum Gasteiger partial charge on any atom is -0.392 e. The van der Waals surface area contributed by atoms with Crippen molar-refractivity contribution in [2.24, 2.45) is 0 Å². The van der Waals surface area contributed by atoms with Gasteiger partial charge in [-0.15, -0.1) is 0 Å². The smallest absolute Gasteiger partial charge is 0.315 e. The van der Waals surface area contributed by atoms with Crippen molar-refractivity contribution in [3.63, 3.8) is 0 Å². The number of aliphatic hydroxyl groups excluding tert-OH is 1. The number of nitrogens with zero attached hydrogens (tertiary/aromatic N) is 1. The predicted octanol–water partition coefficient (Wildman–Crippen LogP) is 5.21. The number of ether oxygens (including phenoxy) is 2. The van der Waals surface area contributed by atoms with Gasteiger partial charge >= 0.3 is 6.03 Å². The molecular weight excluding hydrogens is 490 g/mol. The van der Waals surface area contributed by atoms with Crippen LogP contribution in [0.4, 0.5) is 4.79 Å². The first kappa shape index (κ1) is 27.3. The lowest BCUT2D eigenvalue weighted by atomic mass is 9.99. The number of hydrogen-bond donors (Lipinski definition) is 3. The second-order valence-corrected chi connectivity index (χ2v) is 10.5. The van der Waals surface area contributed by atoms with E-state index >= 15 is 0 Å². The summed E-state index contributed by atoms with van der Waals surface area (Å²) in [6.07, 6.45) is 4.12. The van der Waals surface area contributed by atoms with Crippen LogP contribution in [-0.2, 0) is 29.2 Å². The number of benzene rings is 3. The largest absolute Gasteiger partial charge is 0.392 e. The molecule has 0 aliphatic carbocycles. The molecule has 2 saturated heterocycles. The number of carbonyl (C=O) groups is 1. The number of aliphatic hydroxyl groups is 1. The van der Waals surface area contributed by atoms with Gasteiger partial charge in [0.05, 0.1) is 18.8 Å². The Labute approximate surface area is 231 Å². The van der Waals surface area contributed by atoms with Gasteiger partial charge in [0.1, 0.15) is 0 Å². The number of urea groups is 1. The molecular formula is C32H39N3O4. The van der Waals surface area contributed by atoms with Gasteiger partial charge in [0.2, 0.25) is 0 Å². The van der Waals surface area contributed by atoms with E-state index in [1.165, 1.54) is 19.3 Å². The molecule has 0 bridgehead atoms. The zero-order valence-electron chi connectivity index (χ0n) is 22.4. The van der Waals surface area contributed by atoms with E-state index in [0.717, 1.165) is 53.9 Å². The number of likely N-dealkylation sites (tertiary alicyclic amines) is 1. The molecule has 2 heterocycles. The van der Waals surface area contributed by atoms with Crippen molar-refractivity contribution in [3.8, 4) is 0 Å². The Morgan fingerprint density at radius 3 is 2.05 bits per heavy atom. The summed E-state index contributed by atoms with van der Waals surface area (Å²) < 4.78 is 13.0. The molecule has 3 aromatic carbocycles. The Balaban J connectivity index is 1.20. The molecule has 0 spiro atoms. The fourth-order valence-electron chi connectivity index (χ4n) is 5.28. The maximum atomic E-state index is 12.2. The molecule has 2 aliphatic heterocycles. The number of rotatable bonds is 9. The second kappa shape index (κ2) is 13.7. The van der Waals surface area contributed by atoms with Crippen molar-refractivity contribution >= 4 is 6.03 Å². The maximum absolute atomic E-state index is 12.2. The van der Waals surface area contributed by atoms with Crippen LogP contribution >= 0.6 is 0 Å². The zero-order chi connectivity index (χ0) is 26.9. The van der Waals surface area contributed by atoms with Gasteiger partial charge in [-0.2, -0.15) is 0 Å². The van der Waals surface area contributed by atoms with Crippen molar-refractivity contribution in [1.82, 2.24) is 15.5 Å². The third-order valence-electron chi connectivity index (χ3n) is 7.53. The molecule has 0 saturated carbocycles. The summed E-state index contributed by atoms with van der Waals surface area (Å²) in [4.78, 5) is 14.7. The van der Waals surface area contributed by atoms with Crippen LogP contribution in [0.1, 0.15) is 65.9 Å². The third kappa shape index (κ3) is 7.90. The number of amides is 2. The third-order valence-corrected chi connectivity index (χ3v) is 7.53. The minimum atomic E-state index is -0.466. The highest BCUT2D eigenvalue weighted by Gasteiger charge is 2.33. The van der Waals surface area contributed by atoms with Crippen molar-refractivity contribution in [2.75, 3.05) is 19.6 Å². The molecule has 206 valence electrons. The van der Waals surface area contributed by atoms with Crippen LogP contribution in [0.25, 0.3) is 0 Å². The Kier molecular flexibility index (Phi) is 9.61. The van der Waals surface area contributed by atoms with Gasteiger partial charge < -0.3 is 30.1 Å². The SMILES string of the molecule is O=C(NCc1ccccc1)NCc1ccc(C2OC(CN3CCCCC3)CC(c3ccc(CO)cc3)O2)cc1. The molecule has 3 atom stereocenters. The number of nitrogens with one attached hydrogen (secondary N) is 2. The van der Waals surface area contributed by atoms with Crippen LogP contribution < -0.4 is 10.6 Å². The molecule has 2 aliphatic rings. The van der Waals surface area contributed by atoms with Gasteiger partial charge in [-0.1, -0.05) is 85.3 Å². The van der Waals surface area contributed by atoms with Gasteiger partial charge in [-0.05, 0) is 48.2 Å².